The van der Waals surface area contributed by atoms with Gasteiger partial charge in [-0.15, -0.1) is 0 Å². The highest BCUT2D eigenvalue weighted by atomic mass is 35.5. The Morgan fingerprint density at radius 2 is 2.00 bits per heavy atom. The highest BCUT2D eigenvalue weighted by Crippen LogP contribution is 2.14. The number of hydrogen-bond donors (Lipinski definition) is 1. The van der Waals surface area contributed by atoms with E-state index in [1.807, 2.05) is 18.7 Å². The first kappa shape index (κ1) is 18.2. The van der Waals surface area contributed by atoms with E-state index in [9.17, 15) is 9.90 Å². The van der Waals surface area contributed by atoms with E-state index in [-0.39, 0.29) is 12.0 Å². The van der Waals surface area contributed by atoms with Crippen LogP contribution in [0.1, 0.15) is 24.2 Å². The molecule has 1 N–H and O–H groups in total. The SMILES string of the molecule is CC(C)OCC(O)CN1CCN(C(=O)c2cccc(Cl)c2)CC1. The number of β-amino-alcohol motifs (C(OH)–C–C–N with tert-alkyl or cyclic N) is 1. The molecule has 23 heavy (non-hydrogen) atoms. The van der Waals surface area contributed by atoms with E-state index in [1.54, 1.807) is 24.3 Å². The van der Waals surface area contributed by atoms with Gasteiger partial charge >= 0.3 is 0 Å². The van der Waals surface area contributed by atoms with E-state index in [4.69, 9.17) is 16.3 Å². The average Bonchev–Trinajstić information content (AvgIpc) is 2.53. The summed E-state index contributed by atoms with van der Waals surface area (Å²) in [4.78, 5) is 16.4. The molecule has 1 fully saturated rings. The van der Waals surface area contributed by atoms with Gasteiger partial charge in [-0.3, -0.25) is 9.69 Å². The van der Waals surface area contributed by atoms with Crippen molar-refractivity contribution >= 4 is 17.5 Å². The van der Waals surface area contributed by atoms with Gasteiger partial charge in [0.25, 0.3) is 5.91 Å². The number of carbonyl (C=O) groups excluding carboxylic acids is 1. The number of amides is 1. The number of aliphatic hydroxyl groups excluding tert-OH is 1. The number of rotatable bonds is 6. The molecular weight excluding hydrogens is 316 g/mol. The van der Waals surface area contributed by atoms with Crippen molar-refractivity contribution in [2.24, 2.45) is 0 Å². The van der Waals surface area contributed by atoms with Crippen molar-refractivity contribution in [2.45, 2.75) is 26.1 Å². The topological polar surface area (TPSA) is 53.0 Å². The lowest BCUT2D eigenvalue weighted by molar-refractivity contribution is -0.0137. The second kappa shape index (κ2) is 8.64. The van der Waals surface area contributed by atoms with Crippen molar-refractivity contribution in [2.75, 3.05) is 39.3 Å². The van der Waals surface area contributed by atoms with E-state index < -0.39 is 6.10 Å². The summed E-state index contributed by atoms with van der Waals surface area (Å²) < 4.78 is 5.42. The standard InChI is InChI=1S/C17H25ClN2O3/c1-13(2)23-12-16(21)11-19-6-8-20(9-7-19)17(22)14-4-3-5-15(18)10-14/h3-5,10,13,16,21H,6-9,11-12H2,1-2H3. The van der Waals surface area contributed by atoms with Crippen molar-refractivity contribution in [3.8, 4) is 0 Å². The third-order valence-corrected chi connectivity index (χ3v) is 4.06. The highest BCUT2D eigenvalue weighted by Gasteiger charge is 2.23. The van der Waals surface area contributed by atoms with E-state index in [2.05, 4.69) is 4.90 Å². The van der Waals surface area contributed by atoms with Gasteiger partial charge in [-0.05, 0) is 32.0 Å². The molecule has 1 atom stereocenters. The molecule has 1 aromatic carbocycles. The summed E-state index contributed by atoms with van der Waals surface area (Å²) in [6.45, 7) is 7.65. The van der Waals surface area contributed by atoms with Gasteiger partial charge in [0.1, 0.15) is 0 Å². The van der Waals surface area contributed by atoms with Gasteiger partial charge in [0.2, 0.25) is 0 Å². The zero-order valence-corrected chi connectivity index (χ0v) is 14.5. The fraction of sp³-hybridized carbons (Fsp3) is 0.588. The number of aliphatic hydroxyl groups is 1. The zero-order chi connectivity index (χ0) is 16.8. The van der Waals surface area contributed by atoms with Crippen LogP contribution in [0.25, 0.3) is 0 Å². The monoisotopic (exact) mass is 340 g/mol. The molecule has 1 amide bonds. The van der Waals surface area contributed by atoms with E-state index in [0.29, 0.717) is 36.8 Å². The van der Waals surface area contributed by atoms with Crippen molar-refractivity contribution in [1.29, 1.82) is 0 Å². The molecule has 0 spiro atoms. The summed E-state index contributed by atoms with van der Waals surface area (Å²) in [5, 5.41) is 10.5. The Labute approximate surface area is 142 Å². The Balaban J connectivity index is 1.78. The molecule has 5 nitrogen and oxygen atoms in total. The Kier molecular flexibility index (Phi) is 6.84. The number of ether oxygens (including phenoxy) is 1. The largest absolute Gasteiger partial charge is 0.389 e. The van der Waals surface area contributed by atoms with Crippen LogP contribution < -0.4 is 0 Å². The van der Waals surface area contributed by atoms with Gasteiger partial charge in [-0.2, -0.15) is 0 Å². The first-order chi connectivity index (χ1) is 11.0. The molecule has 1 heterocycles. The second-order valence-corrected chi connectivity index (χ2v) is 6.58. The van der Waals surface area contributed by atoms with E-state index in [0.717, 1.165) is 13.1 Å². The second-order valence-electron chi connectivity index (χ2n) is 6.14. The minimum atomic E-state index is -0.493. The third kappa shape index (κ3) is 5.77. The fourth-order valence-electron chi connectivity index (χ4n) is 2.59. The maximum absolute atomic E-state index is 12.4. The average molecular weight is 341 g/mol. The van der Waals surface area contributed by atoms with Crippen LogP contribution in [0.2, 0.25) is 5.02 Å². The fourth-order valence-corrected chi connectivity index (χ4v) is 2.78. The van der Waals surface area contributed by atoms with E-state index in [1.165, 1.54) is 0 Å². The Hall–Kier alpha value is -1.14. The molecule has 0 radical (unpaired) electrons. The van der Waals surface area contributed by atoms with Crippen LogP contribution in [-0.4, -0.2) is 72.4 Å². The molecule has 6 heteroatoms. The van der Waals surface area contributed by atoms with Crippen LogP contribution in [0.3, 0.4) is 0 Å². The molecule has 0 bridgehead atoms. The minimum absolute atomic E-state index is 0.0100. The molecule has 1 aliphatic rings. The van der Waals surface area contributed by atoms with Crippen molar-refractivity contribution in [3.63, 3.8) is 0 Å². The number of carbonyl (C=O) groups is 1. The highest BCUT2D eigenvalue weighted by molar-refractivity contribution is 6.30. The predicted molar refractivity (Wildman–Crippen MR) is 90.9 cm³/mol. The van der Waals surface area contributed by atoms with Crippen LogP contribution in [0.4, 0.5) is 0 Å². The smallest absolute Gasteiger partial charge is 0.253 e. The molecule has 2 rings (SSSR count). The van der Waals surface area contributed by atoms with Crippen LogP contribution in [0.5, 0.6) is 0 Å². The molecule has 0 aromatic heterocycles. The van der Waals surface area contributed by atoms with Gasteiger partial charge < -0.3 is 14.7 Å². The summed E-state index contributed by atoms with van der Waals surface area (Å²) in [7, 11) is 0. The summed E-state index contributed by atoms with van der Waals surface area (Å²) in [5.41, 5.74) is 0.622. The summed E-state index contributed by atoms with van der Waals surface area (Å²) >= 11 is 5.94. The summed E-state index contributed by atoms with van der Waals surface area (Å²) in [6, 6.07) is 7.03. The molecule has 1 aliphatic heterocycles. The Morgan fingerprint density at radius 3 is 2.61 bits per heavy atom. The number of nitrogens with zero attached hydrogens (tertiary/aromatic N) is 2. The number of hydrogen-bond acceptors (Lipinski definition) is 4. The van der Waals surface area contributed by atoms with Gasteiger partial charge in [-0.1, -0.05) is 17.7 Å². The van der Waals surface area contributed by atoms with Crippen molar-refractivity contribution in [3.05, 3.63) is 34.9 Å². The molecule has 1 saturated heterocycles. The summed E-state index contributed by atoms with van der Waals surface area (Å²) in [5.74, 6) is 0.0100. The van der Waals surface area contributed by atoms with Crippen LogP contribution in [-0.2, 0) is 4.74 Å². The van der Waals surface area contributed by atoms with Crippen LogP contribution >= 0.6 is 11.6 Å². The lowest BCUT2D eigenvalue weighted by atomic mass is 10.2. The first-order valence-corrected chi connectivity index (χ1v) is 8.40. The third-order valence-electron chi connectivity index (χ3n) is 3.82. The first-order valence-electron chi connectivity index (χ1n) is 8.02. The number of halogens is 1. The van der Waals surface area contributed by atoms with Crippen LogP contribution in [0, 0.1) is 0 Å². The van der Waals surface area contributed by atoms with Gasteiger partial charge in [0.05, 0.1) is 18.8 Å². The Morgan fingerprint density at radius 1 is 1.30 bits per heavy atom. The Bertz CT molecular complexity index is 516. The normalized spacial score (nSPS) is 17.5. The van der Waals surface area contributed by atoms with E-state index >= 15 is 0 Å². The molecular formula is C17H25ClN2O3. The number of benzene rings is 1. The van der Waals surface area contributed by atoms with Gasteiger partial charge in [0, 0.05) is 43.3 Å². The number of piperazine rings is 1. The molecule has 0 saturated carbocycles. The maximum atomic E-state index is 12.4. The van der Waals surface area contributed by atoms with Crippen LogP contribution in [0.15, 0.2) is 24.3 Å². The quantitative estimate of drug-likeness (QED) is 0.859. The van der Waals surface area contributed by atoms with Gasteiger partial charge in [-0.25, -0.2) is 0 Å². The maximum Gasteiger partial charge on any atom is 0.253 e. The predicted octanol–water partition coefficient (Wildman–Crippen LogP) is 1.88. The zero-order valence-electron chi connectivity index (χ0n) is 13.7. The van der Waals surface area contributed by atoms with Crippen molar-refractivity contribution in [1.82, 2.24) is 9.80 Å². The molecule has 0 aliphatic carbocycles. The van der Waals surface area contributed by atoms with Gasteiger partial charge in [0.15, 0.2) is 0 Å². The lowest BCUT2D eigenvalue weighted by Gasteiger charge is -2.35. The lowest BCUT2D eigenvalue weighted by Crippen LogP contribution is -2.50. The molecule has 1 unspecified atom stereocenters. The summed E-state index contributed by atoms with van der Waals surface area (Å²) in [6.07, 6.45) is -0.371. The molecule has 1 aromatic rings. The minimum Gasteiger partial charge on any atom is -0.389 e. The van der Waals surface area contributed by atoms with Crippen molar-refractivity contribution < 1.29 is 14.6 Å². The molecule has 128 valence electrons.